The number of oxazole rings is 1. The zero-order chi connectivity index (χ0) is 22.0. The number of aromatic hydroxyl groups is 1. The van der Waals surface area contributed by atoms with Gasteiger partial charge in [-0.05, 0) is 55.0 Å². The number of thiocarbonyl (C=S) groups is 1. The van der Waals surface area contributed by atoms with Crippen molar-refractivity contribution in [3.05, 3.63) is 71.8 Å². The molecule has 3 aromatic carbocycles. The molecule has 0 unspecified atom stereocenters. The van der Waals surface area contributed by atoms with E-state index in [-0.39, 0.29) is 10.9 Å². The molecule has 0 radical (unpaired) electrons. The summed E-state index contributed by atoms with van der Waals surface area (Å²) in [6.45, 7) is 1.85. The number of methoxy groups -OCH3 is 1. The SMILES string of the molecule is COc1c(C)cccc1C(=O)NC(=S)Nc1ccc(-c2nc3ccccc3o2)c(O)c1. The number of aromatic nitrogens is 1. The third-order valence-corrected chi connectivity index (χ3v) is 4.87. The summed E-state index contributed by atoms with van der Waals surface area (Å²) in [7, 11) is 1.51. The average molecular weight is 433 g/mol. The van der Waals surface area contributed by atoms with Gasteiger partial charge in [0, 0.05) is 11.8 Å². The lowest BCUT2D eigenvalue weighted by atomic mass is 10.1. The number of phenols is 1. The Bertz CT molecular complexity index is 1270. The molecule has 4 rings (SSSR count). The molecule has 8 heteroatoms. The molecule has 0 aliphatic heterocycles. The first-order chi connectivity index (χ1) is 15.0. The summed E-state index contributed by atoms with van der Waals surface area (Å²) in [5.41, 5.74) is 3.50. The maximum atomic E-state index is 12.6. The topological polar surface area (TPSA) is 96.6 Å². The molecule has 0 atom stereocenters. The molecule has 1 aromatic heterocycles. The Labute approximate surface area is 183 Å². The van der Waals surface area contributed by atoms with Crippen LogP contribution in [-0.2, 0) is 0 Å². The first-order valence-electron chi connectivity index (χ1n) is 9.41. The van der Waals surface area contributed by atoms with Crippen molar-refractivity contribution in [3.63, 3.8) is 0 Å². The number of aryl methyl sites for hydroxylation is 1. The van der Waals surface area contributed by atoms with E-state index < -0.39 is 5.91 Å². The predicted molar refractivity (Wildman–Crippen MR) is 123 cm³/mol. The second-order valence-electron chi connectivity index (χ2n) is 6.78. The lowest BCUT2D eigenvalue weighted by Crippen LogP contribution is -2.34. The number of rotatable bonds is 4. The van der Waals surface area contributed by atoms with Gasteiger partial charge in [0.15, 0.2) is 10.7 Å². The van der Waals surface area contributed by atoms with Crippen LogP contribution < -0.4 is 15.4 Å². The maximum Gasteiger partial charge on any atom is 0.261 e. The molecule has 4 aromatic rings. The van der Waals surface area contributed by atoms with Crippen LogP contribution in [0.2, 0.25) is 0 Å². The largest absolute Gasteiger partial charge is 0.507 e. The van der Waals surface area contributed by atoms with Crippen molar-refractivity contribution < 1.29 is 19.1 Å². The van der Waals surface area contributed by atoms with Crippen molar-refractivity contribution in [2.75, 3.05) is 12.4 Å². The lowest BCUT2D eigenvalue weighted by Gasteiger charge is -2.13. The number of phenolic OH excluding ortho intramolecular Hbond substituents is 1. The van der Waals surface area contributed by atoms with Crippen LogP contribution in [-0.4, -0.2) is 28.2 Å². The number of ether oxygens (including phenoxy) is 1. The molecule has 0 bridgehead atoms. The van der Waals surface area contributed by atoms with Crippen LogP contribution in [0.15, 0.2) is 65.1 Å². The van der Waals surface area contributed by atoms with E-state index in [1.54, 1.807) is 24.3 Å². The van der Waals surface area contributed by atoms with Crippen molar-refractivity contribution in [2.24, 2.45) is 0 Å². The third kappa shape index (κ3) is 4.19. The van der Waals surface area contributed by atoms with E-state index in [1.165, 1.54) is 13.2 Å². The van der Waals surface area contributed by atoms with Gasteiger partial charge in [0.2, 0.25) is 5.89 Å². The number of para-hydroxylation sites is 3. The second kappa shape index (κ2) is 8.45. The van der Waals surface area contributed by atoms with Crippen molar-refractivity contribution in [1.82, 2.24) is 10.3 Å². The lowest BCUT2D eigenvalue weighted by molar-refractivity contribution is 0.0974. The summed E-state index contributed by atoms with van der Waals surface area (Å²) < 4.78 is 11.0. The van der Waals surface area contributed by atoms with Crippen molar-refractivity contribution in [3.8, 4) is 23.0 Å². The number of amides is 1. The average Bonchev–Trinajstić information content (AvgIpc) is 3.17. The van der Waals surface area contributed by atoms with Crippen molar-refractivity contribution >= 4 is 40.0 Å². The molecular formula is C23H19N3O4S. The summed E-state index contributed by atoms with van der Waals surface area (Å²) in [4.78, 5) is 17.0. The van der Waals surface area contributed by atoms with Crippen molar-refractivity contribution in [2.45, 2.75) is 6.92 Å². The van der Waals surface area contributed by atoms with E-state index >= 15 is 0 Å². The Kier molecular flexibility index (Phi) is 5.55. The normalized spacial score (nSPS) is 10.6. The molecule has 1 heterocycles. The number of hydrogen-bond donors (Lipinski definition) is 3. The van der Waals surface area contributed by atoms with E-state index in [1.807, 2.05) is 37.3 Å². The highest BCUT2D eigenvalue weighted by Crippen LogP contribution is 2.33. The second-order valence-corrected chi connectivity index (χ2v) is 7.19. The third-order valence-electron chi connectivity index (χ3n) is 4.67. The number of hydrogen-bond acceptors (Lipinski definition) is 6. The van der Waals surface area contributed by atoms with Crippen LogP contribution in [0.5, 0.6) is 11.5 Å². The van der Waals surface area contributed by atoms with Crippen LogP contribution in [0.3, 0.4) is 0 Å². The monoisotopic (exact) mass is 433 g/mol. The molecule has 3 N–H and O–H groups in total. The fourth-order valence-electron chi connectivity index (χ4n) is 3.21. The molecule has 1 amide bonds. The van der Waals surface area contributed by atoms with E-state index in [2.05, 4.69) is 15.6 Å². The minimum Gasteiger partial charge on any atom is -0.507 e. The number of anilines is 1. The van der Waals surface area contributed by atoms with Gasteiger partial charge in [-0.25, -0.2) is 4.98 Å². The van der Waals surface area contributed by atoms with E-state index in [4.69, 9.17) is 21.4 Å². The van der Waals surface area contributed by atoms with Gasteiger partial charge in [-0.3, -0.25) is 10.1 Å². The predicted octanol–water partition coefficient (Wildman–Crippen LogP) is 4.64. The van der Waals surface area contributed by atoms with Crippen LogP contribution in [0.25, 0.3) is 22.6 Å². The minimum atomic E-state index is -0.398. The molecule has 31 heavy (non-hydrogen) atoms. The Morgan fingerprint density at radius 3 is 2.68 bits per heavy atom. The summed E-state index contributed by atoms with van der Waals surface area (Å²) in [6, 6.07) is 17.5. The molecule has 0 saturated carbocycles. The first kappa shape index (κ1) is 20.4. The molecule has 0 fully saturated rings. The number of carbonyl (C=O) groups excluding carboxylic acids is 1. The molecule has 156 valence electrons. The van der Waals surface area contributed by atoms with Crippen LogP contribution in [0, 0.1) is 6.92 Å². The van der Waals surface area contributed by atoms with E-state index in [9.17, 15) is 9.90 Å². The first-order valence-corrected chi connectivity index (χ1v) is 9.82. The standard InChI is InChI=1S/C23H19N3O4S/c1-13-6-5-7-16(20(13)29-2)21(28)26-23(31)24-14-10-11-15(18(27)12-14)22-25-17-8-3-4-9-19(17)30-22/h3-12,27H,1-2H3,(H2,24,26,28,31). The van der Waals surface area contributed by atoms with Gasteiger partial charge in [-0.1, -0.05) is 24.3 Å². The Hall–Kier alpha value is -3.91. The zero-order valence-corrected chi connectivity index (χ0v) is 17.6. The smallest absolute Gasteiger partial charge is 0.261 e. The van der Waals surface area contributed by atoms with Gasteiger partial charge in [0.1, 0.15) is 17.0 Å². The van der Waals surface area contributed by atoms with Gasteiger partial charge in [0.05, 0.1) is 18.2 Å². The van der Waals surface area contributed by atoms with E-state index in [0.717, 1.165) is 5.56 Å². The minimum absolute atomic E-state index is 0.0361. The Balaban J connectivity index is 1.48. The molecule has 0 saturated heterocycles. The Morgan fingerprint density at radius 2 is 1.94 bits per heavy atom. The highest BCUT2D eigenvalue weighted by atomic mass is 32.1. The molecule has 0 aliphatic rings. The van der Waals surface area contributed by atoms with Crippen molar-refractivity contribution in [1.29, 1.82) is 0 Å². The fraction of sp³-hybridized carbons (Fsp3) is 0.0870. The molecule has 0 aliphatic carbocycles. The van der Waals surface area contributed by atoms with Gasteiger partial charge >= 0.3 is 0 Å². The number of benzene rings is 3. The van der Waals surface area contributed by atoms with Crippen LogP contribution in [0.1, 0.15) is 15.9 Å². The summed E-state index contributed by atoms with van der Waals surface area (Å²) in [6.07, 6.45) is 0. The van der Waals surface area contributed by atoms with Gasteiger partial charge in [-0.15, -0.1) is 0 Å². The number of fused-ring (bicyclic) bond motifs is 1. The summed E-state index contributed by atoms with van der Waals surface area (Å²) in [5, 5.41) is 16.0. The van der Waals surface area contributed by atoms with Gasteiger partial charge < -0.3 is 19.6 Å². The number of carbonyl (C=O) groups is 1. The van der Waals surface area contributed by atoms with Gasteiger partial charge in [0.25, 0.3) is 5.91 Å². The summed E-state index contributed by atoms with van der Waals surface area (Å²) >= 11 is 5.24. The van der Waals surface area contributed by atoms with Gasteiger partial charge in [-0.2, -0.15) is 0 Å². The number of nitrogens with zero attached hydrogens (tertiary/aromatic N) is 1. The highest BCUT2D eigenvalue weighted by Gasteiger charge is 2.16. The van der Waals surface area contributed by atoms with Crippen LogP contribution >= 0.6 is 12.2 Å². The highest BCUT2D eigenvalue weighted by molar-refractivity contribution is 7.80. The summed E-state index contributed by atoms with van der Waals surface area (Å²) in [5.74, 6) is 0.368. The molecular weight excluding hydrogens is 414 g/mol. The Morgan fingerprint density at radius 1 is 1.13 bits per heavy atom. The molecule has 0 spiro atoms. The molecule has 7 nitrogen and oxygen atoms in total. The maximum absolute atomic E-state index is 12.6. The number of nitrogens with one attached hydrogen (secondary N) is 2. The van der Waals surface area contributed by atoms with Crippen LogP contribution in [0.4, 0.5) is 5.69 Å². The quantitative estimate of drug-likeness (QED) is 0.403. The zero-order valence-electron chi connectivity index (χ0n) is 16.8. The van der Waals surface area contributed by atoms with E-state index in [0.29, 0.717) is 39.6 Å². The fourth-order valence-corrected chi connectivity index (χ4v) is 3.42.